The van der Waals surface area contributed by atoms with Crippen LogP contribution in [0.3, 0.4) is 0 Å². The van der Waals surface area contributed by atoms with Crippen molar-refractivity contribution >= 4 is 23.7 Å². The van der Waals surface area contributed by atoms with E-state index in [2.05, 4.69) is 25.4 Å². The Morgan fingerprint density at radius 3 is 2.71 bits per heavy atom. The first-order valence-electron chi connectivity index (χ1n) is 11.3. The molecule has 2 aromatic rings. The molecule has 9 heteroatoms. The Labute approximate surface area is 182 Å². The zero-order valence-corrected chi connectivity index (χ0v) is 17.7. The molecular formula is C22H29N7O2. The van der Waals surface area contributed by atoms with E-state index in [0.717, 1.165) is 51.1 Å². The van der Waals surface area contributed by atoms with Gasteiger partial charge in [-0.25, -0.2) is 9.78 Å². The zero-order chi connectivity index (χ0) is 21.1. The lowest BCUT2D eigenvalue weighted by Gasteiger charge is -2.35. The Hall–Kier alpha value is -2.97. The Balaban J connectivity index is 1.14. The minimum absolute atomic E-state index is 0.319. The summed E-state index contributed by atoms with van der Waals surface area (Å²) in [6.45, 7) is 3.53. The van der Waals surface area contributed by atoms with Crippen molar-refractivity contribution in [3.8, 4) is 0 Å². The van der Waals surface area contributed by atoms with Crippen LogP contribution in [0.4, 0.5) is 22.4 Å². The number of nitrogens with zero attached hydrogens (tertiary/aromatic N) is 6. The van der Waals surface area contributed by atoms with E-state index >= 15 is 0 Å². The molecule has 0 atom stereocenters. The second-order valence-corrected chi connectivity index (χ2v) is 8.83. The highest BCUT2D eigenvalue weighted by Crippen LogP contribution is 2.40. The summed E-state index contributed by atoms with van der Waals surface area (Å²) < 4.78 is 5.82. The summed E-state index contributed by atoms with van der Waals surface area (Å²) in [5.41, 5.74) is -0.407. The first-order chi connectivity index (χ1) is 15.2. The number of carbonyl (C=O) groups excluding carboxylic acids is 1. The van der Waals surface area contributed by atoms with Crippen molar-refractivity contribution in [1.82, 2.24) is 20.2 Å². The number of hydrogen-bond donors (Lipinski definition) is 1. The number of piperidine rings is 1. The molecule has 0 unspecified atom stereocenters. The summed E-state index contributed by atoms with van der Waals surface area (Å²) >= 11 is 0. The van der Waals surface area contributed by atoms with Gasteiger partial charge in [-0.2, -0.15) is 10.1 Å². The number of aromatic nitrogens is 4. The number of amides is 1. The third kappa shape index (κ3) is 4.40. The summed E-state index contributed by atoms with van der Waals surface area (Å²) in [5, 5.41) is 11.4. The molecule has 2 saturated heterocycles. The topological polar surface area (TPSA) is 96.4 Å². The lowest BCUT2D eigenvalue weighted by Crippen LogP contribution is -2.39. The molecule has 1 spiro atoms. The average molecular weight is 424 g/mol. The van der Waals surface area contributed by atoms with Crippen LogP contribution in [0.5, 0.6) is 0 Å². The fourth-order valence-electron chi connectivity index (χ4n) is 4.87. The molecule has 0 aromatic carbocycles. The van der Waals surface area contributed by atoms with E-state index < -0.39 is 5.60 Å². The number of nitrogens with one attached hydrogen (secondary N) is 1. The lowest BCUT2D eigenvalue weighted by molar-refractivity contribution is 0.0148. The summed E-state index contributed by atoms with van der Waals surface area (Å²) in [5.74, 6) is 2.78. The monoisotopic (exact) mass is 423 g/mol. The summed E-state index contributed by atoms with van der Waals surface area (Å²) in [6.07, 6.45) is 10.6. The molecule has 2 aliphatic heterocycles. The van der Waals surface area contributed by atoms with Crippen molar-refractivity contribution in [2.75, 3.05) is 41.3 Å². The molecule has 4 heterocycles. The van der Waals surface area contributed by atoms with Crippen LogP contribution in [0.1, 0.15) is 44.9 Å². The Bertz CT molecular complexity index is 896. The van der Waals surface area contributed by atoms with Crippen molar-refractivity contribution in [3.05, 3.63) is 30.6 Å². The Morgan fingerprint density at radius 1 is 1.10 bits per heavy atom. The van der Waals surface area contributed by atoms with Gasteiger partial charge in [0.25, 0.3) is 0 Å². The predicted molar refractivity (Wildman–Crippen MR) is 117 cm³/mol. The molecule has 1 amide bonds. The molecule has 5 rings (SSSR count). The van der Waals surface area contributed by atoms with Crippen LogP contribution in [0.15, 0.2) is 30.6 Å². The molecule has 1 saturated carbocycles. The third-order valence-corrected chi connectivity index (χ3v) is 6.69. The molecule has 1 N–H and O–H groups in total. The van der Waals surface area contributed by atoms with Crippen molar-refractivity contribution in [2.24, 2.45) is 5.92 Å². The molecule has 0 bridgehead atoms. The van der Waals surface area contributed by atoms with Gasteiger partial charge in [-0.3, -0.25) is 4.90 Å². The van der Waals surface area contributed by atoms with Gasteiger partial charge in [0, 0.05) is 32.0 Å². The van der Waals surface area contributed by atoms with Crippen LogP contribution >= 0.6 is 0 Å². The van der Waals surface area contributed by atoms with Gasteiger partial charge in [0.1, 0.15) is 11.4 Å². The highest BCUT2D eigenvalue weighted by atomic mass is 16.6. The maximum absolute atomic E-state index is 12.4. The van der Waals surface area contributed by atoms with Crippen LogP contribution in [0.2, 0.25) is 0 Å². The van der Waals surface area contributed by atoms with Gasteiger partial charge >= 0.3 is 6.09 Å². The normalized spacial score (nSPS) is 26.2. The number of rotatable bonds is 5. The predicted octanol–water partition coefficient (Wildman–Crippen LogP) is 3.25. The van der Waals surface area contributed by atoms with Gasteiger partial charge in [-0.05, 0) is 69.1 Å². The molecule has 3 fully saturated rings. The van der Waals surface area contributed by atoms with E-state index in [1.807, 2.05) is 12.3 Å². The lowest BCUT2D eigenvalue weighted by atomic mass is 9.78. The van der Waals surface area contributed by atoms with Gasteiger partial charge < -0.3 is 15.0 Å². The van der Waals surface area contributed by atoms with Gasteiger partial charge in [0.15, 0.2) is 5.82 Å². The largest absolute Gasteiger partial charge is 0.441 e. The number of hydrogen-bond acceptors (Lipinski definition) is 8. The van der Waals surface area contributed by atoms with E-state index in [1.165, 1.54) is 19.3 Å². The van der Waals surface area contributed by atoms with Crippen LogP contribution < -0.4 is 15.1 Å². The minimum Gasteiger partial charge on any atom is -0.441 e. The Morgan fingerprint density at radius 2 is 1.94 bits per heavy atom. The second kappa shape index (κ2) is 8.64. The maximum Gasteiger partial charge on any atom is 0.416 e. The SMILES string of the molecule is O=C1O[C@]2(CC[C@H](CNc3nccc(N4CCCCC4)n3)CC2)CN1c1cccnn1. The summed E-state index contributed by atoms with van der Waals surface area (Å²) in [6, 6.07) is 5.57. The molecular weight excluding hydrogens is 394 g/mol. The number of carbonyl (C=O) groups is 1. The van der Waals surface area contributed by atoms with E-state index in [4.69, 9.17) is 9.72 Å². The van der Waals surface area contributed by atoms with Crippen LogP contribution in [0.25, 0.3) is 0 Å². The molecule has 9 nitrogen and oxygen atoms in total. The van der Waals surface area contributed by atoms with Gasteiger partial charge in [-0.1, -0.05) is 0 Å². The van der Waals surface area contributed by atoms with Crippen LogP contribution in [-0.4, -0.2) is 58.0 Å². The summed E-state index contributed by atoms with van der Waals surface area (Å²) in [7, 11) is 0. The van der Waals surface area contributed by atoms with E-state index in [0.29, 0.717) is 24.2 Å². The first kappa shape index (κ1) is 20.0. The van der Waals surface area contributed by atoms with Crippen molar-refractivity contribution in [3.63, 3.8) is 0 Å². The maximum atomic E-state index is 12.4. The van der Waals surface area contributed by atoms with Crippen molar-refractivity contribution in [2.45, 2.75) is 50.5 Å². The van der Waals surface area contributed by atoms with Gasteiger partial charge in [0.2, 0.25) is 5.95 Å². The Kier molecular flexibility index (Phi) is 5.57. The minimum atomic E-state index is -0.407. The van der Waals surface area contributed by atoms with Crippen LogP contribution in [0, 0.1) is 5.92 Å². The zero-order valence-electron chi connectivity index (χ0n) is 17.7. The average Bonchev–Trinajstić information content (AvgIpc) is 3.16. The molecule has 164 valence electrons. The molecule has 1 aliphatic carbocycles. The van der Waals surface area contributed by atoms with Crippen molar-refractivity contribution < 1.29 is 9.53 Å². The van der Waals surface area contributed by atoms with E-state index in [1.54, 1.807) is 23.2 Å². The van der Waals surface area contributed by atoms with E-state index in [9.17, 15) is 4.79 Å². The molecule has 2 aromatic heterocycles. The quantitative estimate of drug-likeness (QED) is 0.783. The smallest absolute Gasteiger partial charge is 0.416 e. The third-order valence-electron chi connectivity index (χ3n) is 6.69. The molecule has 3 aliphatic rings. The van der Waals surface area contributed by atoms with Crippen molar-refractivity contribution in [1.29, 1.82) is 0 Å². The van der Waals surface area contributed by atoms with Gasteiger partial charge in [0.05, 0.1) is 6.54 Å². The highest BCUT2D eigenvalue weighted by Gasteiger charge is 2.48. The highest BCUT2D eigenvalue weighted by molar-refractivity contribution is 5.89. The standard InChI is InChI=1S/C22H29N7O2/c30-21-29(19-5-4-11-25-27-19)16-22(31-21)9-6-17(7-10-22)15-24-20-23-12-8-18(26-20)28-13-2-1-3-14-28/h4-5,8,11-12,17H,1-3,6-7,9-10,13-16H2,(H,23,24,26)/t17-,22-. The first-order valence-corrected chi connectivity index (χ1v) is 11.3. The fraction of sp³-hybridized carbons (Fsp3) is 0.591. The second-order valence-electron chi connectivity index (χ2n) is 8.83. The fourth-order valence-corrected chi connectivity index (χ4v) is 4.87. The van der Waals surface area contributed by atoms with E-state index in [-0.39, 0.29) is 6.09 Å². The van der Waals surface area contributed by atoms with Crippen LogP contribution in [-0.2, 0) is 4.74 Å². The molecule has 31 heavy (non-hydrogen) atoms. The summed E-state index contributed by atoms with van der Waals surface area (Å²) in [4.78, 5) is 25.5. The van der Waals surface area contributed by atoms with Gasteiger partial charge in [-0.15, -0.1) is 5.10 Å². The molecule has 0 radical (unpaired) electrons. The number of ether oxygens (including phenoxy) is 1. The number of anilines is 3.